The average molecular weight is 489 g/mol. The highest BCUT2D eigenvalue weighted by Gasteiger charge is 2.15. The Morgan fingerprint density at radius 1 is 1.16 bits per heavy atom. The summed E-state index contributed by atoms with van der Waals surface area (Å²) in [7, 11) is 2.69. The minimum absolute atomic E-state index is 0.118. The molecule has 0 spiro atoms. The molecule has 0 aliphatic rings. The molecule has 2 aromatic carbocycles. The molecule has 8 nitrogen and oxygen atoms in total. The van der Waals surface area contributed by atoms with Crippen LogP contribution < -0.4 is 19.5 Å². The Morgan fingerprint density at radius 2 is 1.94 bits per heavy atom. The summed E-state index contributed by atoms with van der Waals surface area (Å²) in [4.78, 5) is 23.9. The van der Waals surface area contributed by atoms with Gasteiger partial charge in [0, 0.05) is 16.2 Å². The molecule has 9 heteroatoms. The number of nitriles is 1. The largest absolute Gasteiger partial charge is 0.494 e. The number of hydrogen-bond donors (Lipinski definition) is 1. The maximum Gasteiger partial charge on any atom is 0.343 e. The lowest BCUT2D eigenvalue weighted by Crippen LogP contribution is -2.14. The molecule has 0 bridgehead atoms. The summed E-state index contributed by atoms with van der Waals surface area (Å²) in [5.41, 5.74) is 0.894. The van der Waals surface area contributed by atoms with Gasteiger partial charge in [0.15, 0.2) is 18.1 Å². The van der Waals surface area contributed by atoms with Crippen LogP contribution in [0.5, 0.6) is 17.2 Å². The van der Waals surface area contributed by atoms with Gasteiger partial charge in [-0.2, -0.15) is 5.26 Å². The number of amides is 1. The lowest BCUT2D eigenvalue weighted by Gasteiger charge is -2.12. The van der Waals surface area contributed by atoms with Crippen molar-refractivity contribution in [1.82, 2.24) is 0 Å². The van der Waals surface area contributed by atoms with Gasteiger partial charge in [0.1, 0.15) is 17.4 Å². The van der Waals surface area contributed by atoms with E-state index < -0.39 is 11.9 Å². The quantitative estimate of drug-likeness (QED) is 0.323. The van der Waals surface area contributed by atoms with Crippen LogP contribution in [-0.2, 0) is 14.3 Å². The van der Waals surface area contributed by atoms with Gasteiger partial charge < -0.3 is 24.3 Å². The van der Waals surface area contributed by atoms with E-state index in [1.165, 1.54) is 20.3 Å². The number of anilines is 1. The predicted octanol–water partition coefficient (Wildman–Crippen LogP) is 3.95. The first-order valence-electron chi connectivity index (χ1n) is 9.15. The number of nitrogens with one attached hydrogen (secondary N) is 1. The maximum absolute atomic E-state index is 12.6. The molecule has 0 saturated carbocycles. The molecule has 1 N–H and O–H groups in total. The van der Waals surface area contributed by atoms with Gasteiger partial charge in [-0.3, -0.25) is 4.79 Å². The fraction of sp³-hybridized carbons (Fsp3) is 0.227. The molecule has 2 aromatic rings. The van der Waals surface area contributed by atoms with Crippen LogP contribution >= 0.6 is 15.9 Å². The third kappa shape index (κ3) is 6.76. The van der Waals surface area contributed by atoms with Crippen molar-refractivity contribution in [3.8, 4) is 23.3 Å². The van der Waals surface area contributed by atoms with Crippen molar-refractivity contribution in [2.24, 2.45) is 0 Å². The number of esters is 1. The van der Waals surface area contributed by atoms with E-state index >= 15 is 0 Å². The van der Waals surface area contributed by atoms with Crippen molar-refractivity contribution in [2.45, 2.75) is 6.92 Å². The molecular formula is C22H21BrN2O6. The van der Waals surface area contributed by atoms with Crippen molar-refractivity contribution in [1.29, 1.82) is 5.26 Å². The number of carbonyl (C=O) groups excluding carboxylic acids is 2. The zero-order valence-corrected chi connectivity index (χ0v) is 18.8. The van der Waals surface area contributed by atoms with Crippen molar-refractivity contribution in [3.05, 3.63) is 52.0 Å². The minimum Gasteiger partial charge on any atom is -0.494 e. The second kappa shape index (κ2) is 11.6. The first kappa shape index (κ1) is 23.8. The van der Waals surface area contributed by atoms with Crippen LogP contribution in [0.25, 0.3) is 6.08 Å². The van der Waals surface area contributed by atoms with E-state index in [9.17, 15) is 14.9 Å². The zero-order valence-electron chi connectivity index (χ0n) is 17.2. The van der Waals surface area contributed by atoms with Gasteiger partial charge in [-0.1, -0.05) is 22.0 Å². The number of rotatable bonds is 9. The molecule has 0 aliphatic carbocycles. The molecule has 0 fully saturated rings. The SMILES string of the molecule is CCOc1cccc(NC(=O)/C(C#N)=C\c2cc(OC)c(OCC(=O)OC)cc2Br)c1. The molecule has 162 valence electrons. The highest BCUT2D eigenvalue weighted by molar-refractivity contribution is 9.10. The second-order valence-electron chi connectivity index (χ2n) is 5.97. The van der Waals surface area contributed by atoms with Crippen LogP contribution in [0, 0.1) is 11.3 Å². The van der Waals surface area contributed by atoms with Gasteiger partial charge in [-0.15, -0.1) is 0 Å². The maximum atomic E-state index is 12.6. The molecule has 0 aromatic heterocycles. The smallest absolute Gasteiger partial charge is 0.343 e. The standard InChI is InChI=1S/C22H21BrN2O6/c1-4-30-17-7-5-6-16(10-17)25-22(27)15(12-24)8-14-9-19(28-2)20(11-18(14)23)31-13-21(26)29-3/h5-11H,4,13H2,1-3H3,(H,25,27)/b15-8-. The van der Waals surface area contributed by atoms with Crippen LogP contribution in [0.2, 0.25) is 0 Å². The van der Waals surface area contributed by atoms with Crippen LogP contribution in [0.3, 0.4) is 0 Å². The first-order chi connectivity index (χ1) is 14.9. The number of halogens is 1. The Morgan fingerprint density at radius 3 is 2.58 bits per heavy atom. The number of ether oxygens (including phenoxy) is 4. The van der Waals surface area contributed by atoms with Crippen LogP contribution in [0.4, 0.5) is 5.69 Å². The van der Waals surface area contributed by atoms with Crippen molar-refractivity contribution >= 4 is 39.6 Å². The summed E-state index contributed by atoms with van der Waals surface area (Å²) in [5, 5.41) is 12.2. The van der Waals surface area contributed by atoms with E-state index in [1.54, 1.807) is 36.4 Å². The summed E-state index contributed by atoms with van der Waals surface area (Å²) in [6, 6.07) is 11.9. The van der Waals surface area contributed by atoms with E-state index in [-0.39, 0.29) is 12.2 Å². The summed E-state index contributed by atoms with van der Waals surface area (Å²) < 4.78 is 21.2. The van der Waals surface area contributed by atoms with E-state index in [4.69, 9.17) is 14.2 Å². The van der Waals surface area contributed by atoms with Gasteiger partial charge in [0.2, 0.25) is 0 Å². The Balaban J connectivity index is 2.26. The summed E-state index contributed by atoms with van der Waals surface area (Å²) in [6.07, 6.45) is 1.42. The number of carbonyl (C=O) groups is 2. The van der Waals surface area contributed by atoms with E-state index in [0.29, 0.717) is 39.6 Å². The van der Waals surface area contributed by atoms with E-state index in [1.807, 2.05) is 13.0 Å². The Kier molecular flexibility index (Phi) is 8.91. The fourth-order valence-corrected chi connectivity index (χ4v) is 2.90. The predicted molar refractivity (Wildman–Crippen MR) is 118 cm³/mol. The van der Waals surface area contributed by atoms with Gasteiger partial charge in [0.05, 0.1) is 20.8 Å². The summed E-state index contributed by atoms with van der Waals surface area (Å²) >= 11 is 3.38. The van der Waals surface area contributed by atoms with Crippen LogP contribution in [0.15, 0.2) is 46.4 Å². The average Bonchev–Trinajstić information content (AvgIpc) is 2.77. The molecule has 1 amide bonds. The molecule has 0 heterocycles. The number of hydrogen-bond acceptors (Lipinski definition) is 7. The van der Waals surface area contributed by atoms with Gasteiger partial charge in [0.25, 0.3) is 5.91 Å². The molecule has 2 rings (SSSR count). The molecule has 0 saturated heterocycles. The Bertz CT molecular complexity index is 1030. The highest BCUT2D eigenvalue weighted by Crippen LogP contribution is 2.34. The summed E-state index contributed by atoms with van der Waals surface area (Å²) in [6.45, 7) is 2.07. The normalized spacial score (nSPS) is 10.6. The molecule has 31 heavy (non-hydrogen) atoms. The van der Waals surface area contributed by atoms with Gasteiger partial charge >= 0.3 is 5.97 Å². The molecule has 0 atom stereocenters. The second-order valence-corrected chi connectivity index (χ2v) is 6.83. The molecule has 0 aliphatic heterocycles. The third-order valence-corrected chi connectivity index (χ3v) is 4.61. The third-order valence-electron chi connectivity index (χ3n) is 3.92. The molecule has 0 radical (unpaired) electrons. The van der Waals surface area contributed by atoms with Gasteiger partial charge in [-0.05, 0) is 42.8 Å². The molecule has 0 unspecified atom stereocenters. The van der Waals surface area contributed by atoms with Crippen molar-refractivity contribution < 1.29 is 28.5 Å². The monoisotopic (exact) mass is 488 g/mol. The molecular weight excluding hydrogens is 468 g/mol. The summed E-state index contributed by atoms with van der Waals surface area (Å²) in [5.74, 6) is 0.109. The van der Waals surface area contributed by atoms with Crippen LogP contribution in [0.1, 0.15) is 12.5 Å². The van der Waals surface area contributed by atoms with Crippen molar-refractivity contribution in [2.75, 3.05) is 32.8 Å². The first-order valence-corrected chi connectivity index (χ1v) is 9.94. The lowest BCUT2D eigenvalue weighted by molar-refractivity contribution is -0.142. The lowest BCUT2D eigenvalue weighted by atomic mass is 10.1. The van der Waals surface area contributed by atoms with Crippen molar-refractivity contribution in [3.63, 3.8) is 0 Å². The minimum atomic E-state index is -0.576. The topological polar surface area (TPSA) is 107 Å². The van der Waals surface area contributed by atoms with E-state index in [2.05, 4.69) is 26.0 Å². The van der Waals surface area contributed by atoms with Crippen LogP contribution in [-0.4, -0.2) is 39.3 Å². The number of methoxy groups -OCH3 is 2. The number of benzene rings is 2. The number of nitrogens with zero attached hydrogens (tertiary/aromatic N) is 1. The van der Waals surface area contributed by atoms with Gasteiger partial charge in [-0.25, -0.2) is 4.79 Å². The fourth-order valence-electron chi connectivity index (χ4n) is 2.46. The highest BCUT2D eigenvalue weighted by atomic mass is 79.9. The zero-order chi connectivity index (χ0) is 22.8. The Labute approximate surface area is 188 Å². The Hall–Kier alpha value is -3.51. The van der Waals surface area contributed by atoms with E-state index in [0.717, 1.165) is 0 Å².